The van der Waals surface area contributed by atoms with E-state index in [-0.39, 0.29) is 6.54 Å². The number of aromatic nitrogens is 1. The third-order valence-corrected chi connectivity index (χ3v) is 2.55. The van der Waals surface area contributed by atoms with E-state index in [9.17, 15) is 4.79 Å². The first-order chi connectivity index (χ1) is 7.08. The molecule has 1 heterocycles. The van der Waals surface area contributed by atoms with Crippen LogP contribution in [0.15, 0.2) is 24.4 Å². The fourth-order valence-electron chi connectivity index (χ4n) is 1.94. The van der Waals surface area contributed by atoms with Gasteiger partial charge in [0.15, 0.2) is 0 Å². The van der Waals surface area contributed by atoms with Crippen LogP contribution in [-0.4, -0.2) is 15.6 Å². The molecule has 2 rings (SSSR count). The first-order valence-corrected chi connectivity index (χ1v) is 4.86. The average molecular weight is 203 g/mol. The predicted octanol–water partition coefficient (Wildman–Crippen LogP) is 2.34. The van der Waals surface area contributed by atoms with Crippen molar-refractivity contribution in [2.45, 2.75) is 20.4 Å². The van der Waals surface area contributed by atoms with Gasteiger partial charge < -0.3 is 9.67 Å². The zero-order valence-corrected chi connectivity index (χ0v) is 8.82. The maximum atomic E-state index is 10.7. The summed E-state index contributed by atoms with van der Waals surface area (Å²) in [5.41, 5.74) is 3.34. The summed E-state index contributed by atoms with van der Waals surface area (Å²) in [6, 6.07) is 6.09. The van der Waals surface area contributed by atoms with Gasteiger partial charge in [0.05, 0.1) is 0 Å². The molecule has 78 valence electrons. The lowest BCUT2D eigenvalue weighted by Gasteiger charge is -2.04. The summed E-state index contributed by atoms with van der Waals surface area (Å²) >= 11 is 0. The van der Waals surface area contributed by atoms with Gasteiger partial charge in [-0.2, -0.15) is 0 Å². The van der Waals surface area contributed by atoms with Crippen LogP contribution in [-0.2, 0) is 11.3 Å². The molecule has 1 aromatic heterocycles. The Balaban J connectivity index is 2.63. The smallest absolute Gasteiger partial charge is 0.323 e. The molecule has 1 aromatic carbocycles. The van der Waals surface area contributed by atoms with E-state index in [0.29, 0.717) is 0 Å². The molecule has 0 aliphatic heterocycles. The van der Waals surface area contributed by atoms with Gasteiger partial charge in [-0.3, -0.25) is 4.79 Å². The second kappa shape index (κ2) is 3.42. The highest BCUT2D eigenvalue weighted by molar-refractivity contribution is 5.85. The maximum Gasteiger partial charge on any atom is 0.323 e. The van der Waals surface area contributed by atoms with Crippen LogP contribution in [0.4, 0.5) is 0 Å². The molecule has 0 saturated carbocycles. The molecule has 0 fully saturated rings. The normalized spacial score (nSPS) is 10.8. The van der Waals surface area contributed by atoms with Gasteiger partial charge in [-0.1, -0.05) is 6.07 Å². The Morgan fingerprint density at radius 2 is 2.13 bits per heavy atom. The Bertz CT molecular complexity index is 526. The highest BCUT2D eigenvalue weighted by Crippen LogP contribution is 2.21. The van der Waals surface area contributed by atoms with E-state index < -0.39 is 5.97 Å². The molecule has 1 N–H and O–H groups in total. The van der Waals surface area contributed by atoms with Gasteiger partial charge in [-0.25, -0.2) is 0 Å². The number of carboxylic acids is 1. The predicted molar refractivity (Wildman–Crippen MR) is 59.0 cm³/mol. The van der Waals surface area contributed by atoms with Crippen molar-refractivity contribution in [3.8, 4) is 0 Å². The molecule has 0 spiro atoms. The van der Waals surface area contributed by atoms with Gasteiger partial charge in [0.2, 0.25) is 0 Å². The molecule has 0 saturated heterocycles. The van der Waals surface area contributed by atoms with Gasteiger partial charge in [0, 0.05) is 17.1 Å². The molecule has 0 unspecified atom stereocenters. The van der Waals surface area contributed by atoms with E-state index in [1.54, 1.807) is 4.57 Å². The molecule has 0 aliphatic rings. The molecule has 3 nitrogen and oxygen atoms in total. The number of aliphatic carboxylic acids is 1. The van der Waals surface area contributed by atoms with Crippen LogP contribution in [0.1, 0.15) is 11.1 Å². The second-order valence-electron chi connectivity index (χ2n) is 3.85. The Morgan fingerprint density at radius 3 is 2.80 bits per heavy atom. The van der Waals surface area contributed by atoms with Crippen molar-refractivity contribution in [3.05, 3.63) is 35.5 Å². The number of nitrogens with zero attached hydrogens (tertiary/aromatic N) is 1. The van der Waals surface area contributed by atoms with Crippen molar-refractivity contribution in [1.82, 2.24) is 4.57 Å². The quantitative estimate of drug-likeness (QED) is 0.814. The number of carbonyl (C=O) groups is 1. The Morgan fingerprint density at radius 1 is 1.40 bits per heavy atom. The SMILES string of the molecule is Cc1cc(C)c2ccn(CC(=O)O)c2c1. The van der Waals surface area contributed by atoms with Crippen molar-refractivity contribution in [2.24, 2.45) is 0 Å². The Labute approximate surface area is 87.9 Å². The van der Waals surface area contributed by atoms with E-state index >= 15 is 0 Å². The van der Waals surface area contributed by atoms with E-state index in [1.165, 1.54) is 5.56 Å². The monoisotopic (exact) mass is 203 g/mol. The standard InChI is InChI=1S/C12H13NO2/c1-8-5-9(2)10-3-4-13(7-12(14)15)11(10)6-8/h3-6H,7H2,1-2H3,(H,14,15). The molecule has 0 amide bonds. The summed E-state index contributed by atoms with van der Waals surface area (Å²) in [6.45, 7) is 4.08. The summed E-state index contributed by atoms with van der Waals surface area (Å²) < 4.78 is 1.76. The number of benzene rings is 1. The van der Waals surface area contributed by atoms with Gasteiger partial charge in [-0.05, 0) is 37.1 Å². The second-order valence-corrected chi connectivity index (χ2v) is 3.85. The molecular formula is C12H13NO2. The lowest BCUT2D eigenvalue weighted by atomic mass is 10.1. The number of rotatable bonds is 2. The van der Waals surface area contributed by atoms with Crippen LogP contribution in [0.25, 0.3) is 10.9 Å². The summed E-state index contributed by atoms with van der Waals surface area (Å²) in [7, 11) is 0. The van der Waals surface area contributed by atoms with Crippen molar-refractivity contribution in [1.29, 1.82) is 0 Å². The molecule has 0 bridgehead atoms. The number of aryl methyl sites for hydroxylation is 2. The van der Waals surface area contributed by atoms with Crippen molar-refractivity contribution in [3.63, 3.8) is 0 Å². The lowest BCUT2D eigenvalue weighted by molar-refractivity contribution is -0.137. The van der Waals surface area contributed by atoms with Gasteiger partial charge >= 0.3 is 5.97 Å². The van der Waals surface area contributed by atoms with Gasteiger partial charge in [0.25, 0.3) is 0 Å². The fraction of sp³-hybridized carbons (Fsp3) is 0.250. The van der Waals surface area contributed by atoms with E-state index in [2.05, 4.69) is 6.07 Å². The summed E-state index contributed by atoms with van der Waals surface area (Å²) in [6.07, 6.45) is 1.82. The highest BCUT2D eigenvalue weighted by Gasteiger charge is 2.06. The lowest BCUT2D eigenvalue weighted by Crippen LogP contribution is -2.07. The summed E-state index contributed by atoms with van der Waals surface area (Å²) in [5, 5.41) is 9.89. The third-order valence-electron chi connectivity index (χ3n) is 2.55. The van der Waals surface area contributed by atoms with Gasteiger partial charge in [0.1, 0.15) is 6.54 Å². The van der Waals surface area contributed by atoms with E-state index in [0.717, 1.165) is 16.5 Å². The zero-order chi connectivity index (χ0) is 11.0. The van der Waals surface area contributed by atoms with Crippen LogP contribution < -0.4 is 0 Å². The molecule has 3 heteroatoms. The van der Waals surface area contributed by atoms with Crippen molar-refractivity contribution >= 4 is 16.9 Å². The summed E-state index contributed by atoms with van der Waals surface area (Å²) in [4.78, 5) is 10.7. The maximum absolute atomic E-state index is 10.7. The van der Waals surface area contributed by atoms with Crippen molar-refractivity contribution < 1.29 is 9.90 Å². The van der Waals surface area contributed by atoms with Gasteiger partial charge in [-0.15, -0.1) is 0 Å². The van der Waals surface area contributed by atoms with Crippen LogP contribution in [0.3, 0.4) is 0 Å². The number of carboxylic acid groups (broad SMARTS) is 1. The topological polar surface area (TPSA) is 42.2 Å². The largest absolute Gasteiger partial charge is 0.480 e. The van der Waals surface area contributed by atoms with Crippen LogP contribution >= 0.6 is 0 Å². The van der Waals surface area contributed by atoms with Crippen LogP contribution in [0, 0.1) is 13.8 Å². The molecule has 0 radical (unpaired) electrons. The number of fused-ring (bicyclic) bond motifs is 1. The minimum absolute atomic E-state index is 0.0202. The Hall–Kier alpha value is -1.77. The molecule has 15 heavy (non-hydrogen) atoms. The summed E-state index contributed by atoms with van der Waals surface area (Å²) in [5.74, 6) is -0.813. The number of hydrogen-bond acceptors (Lipinski definition) is 1. The van der Waals surface area contributed by atoms with Crippen molar-refractivity contribution in [2.75, 3.05) is 0 Å². The van der Waals surface area contributed by atoms with E-state index in [1.807, 2.05) is 32.2 Å². The van der Waals surface area contributed by atoms with Crippen LogP contribution in [0.2, 0.25) is 0 Å². The highest BCUT2D eigenvalue weighted by atomic mass is 16.4. The van der Waals surface area contributed by atoms with E-state index in [4.69, 9.17) is 5.11 Å². The minimum atomic E-state index is -0.813. The first-order valence-electron chi connectivity index (χ1n) is 4.86. The molecule has 0 aliphatic carbocycles. The average Bonchev–Trinajstić information content (AvgIpc) is 2.48. The number of hydrogen-bond donors (Lipinski definition) is 1. The first kappa shape index (κ1) is 9.77. The fourth-order valence-corrected chi connectivity index (χ4v) is 1.94. The molecule has 0 atom stereocenters. The molecular weight excluding hydrogens is 190 g/mol. The zero-order valence-electron chi connectivity index (χ0n) is 8.82. The Kier molecular flexibility index (Phi) is 2.23. The third kappa shape index (κ3) is 1.73. The van der Waals surface area contributed by atoms with Crippen LogP contribution in [0.5, 0.6) is 0 Å². The molecule has 2 aromatic rings. The minimum Gasteiger partial charge on any atom is -0.480 e.